The molecule has 0 radical (unpaired) electrons. The van der Waals surface area contributed by atoms with Crippen LogP contribution in [0.1, 0.15) is 38.5 Å². The molecule has 10 nitrogen and oxygen atoms in total. The monoisotopic (exact) mass is 498 g/mol. The summed E-state index contributed by atoms with van der Waals surface area (Å²) in [7, 11) is 1.70. The highest BCUT2D eigenvalue weighted by molar-refractivity contribution is 5.88. The normalized spacial score (nSPS) is 21.7. The summed E-state index contributed by atoms with van der Waals surface area (Å²) in [6, 6.07) is -0.530. The number of carboxylic acid groups (broad SMARTS) is 2. The van der Waals surface area contributed by atoms with Crippen molar-refractivity contribution in [1.82, 2.24) is 10.4 Å². The molecule has 1 saturated carbocycles. The van der Waals surface area contributed by atoms with Crippen LogP contribution in [0.5, 0.6) is 0 Å². The molecule has 4 N–H and O–H groups in total. The summed E-state index contributed by atoms with van der Waals surface area (Å²) >= 11 is 0. The minimum atomic E-state index is -5.08. The zero-order valence-electron chi connectivity index (χ0n) is 17.3. The van der Waals surface area contributed by atoms with Gasteiger partial charge in [0, 0.05) is 20.1 Å². The summed E-state index contributed by atoms with van der Waals surface area (Å²) in [5, 5.41) is 23.2. The number of carbonyl (C=O) groups excluding carboxylic acids is 2. The Morgan fingerprint density at radius 1 is 1.00 bits per heavy atom. The van der Waals surface area contributed by atoms with Gasteiger partial charge in [0.05, 0.1) is 6.10 Å². The molecule has 0 spiro atoms. The van der Waals surface area contributed by atoms with Gasteiger partial charge in [-0.2, -0.15) is 26.3 Å². The number of carbonyl (C=O) groups is 4. The third-order valence-electron chi connectivity index (χ3n) is 4.81. The summed E-state index contributed by atoms with van der Waals surface area (Å²) in [5.41, 5.74) is 1.72. The SMILES string of the molecule is COC1CCC(C(C(=O)NO)N2CCCC2=O)CC1.O=C(O)C(F)(F)F.O=C(O)C(F)(F)F. The number of likely N-dealkylation sites (tertiary alicyclic amines) is 1. The largest absolute Gasteiger partial charge is 0.490 e. The van der Waals surface area contributed by atoms with Crippen molar-refractivity contribution in [3.63, 3.8) is 0 Å². The highest BCUT2D eigenvalue weighted by atomic mass is 19.4. The molecule has 1 saturated heterocycles. The third kappa shape index (κ3) is 10.7. The van der Waals surface area contributed by atoms with Crippen molar-refractivity contribution in [3.8, 4) is 0 Å². The molecule has 1 atom stereocenters. The lowest BCUT2D eigenvalue weighted by atomic mass is 9.81. The second kappa shape index (κ2) is 13.2. The highest BCUT2D eigenvalue weighted by Gasteiger charge is 2.40. The first-order chi connectivity index (χ1) is 15.1. The summed E-state index contributed by atoms with van der Waals surface area (Å²) in [6.45, 7) is 0.612. The summed E-state index contributed by atoms with van der Waals surface area (Å²) in [5.74, 6) is -5.85. The van der Waals surface area contributed by atoms with Crippen LogP contribution in [0.2, 0.25) is 0 Å². The van der Waals surface area contributed by atoms with Gasteiger partial charge in [0.25, 0.3) is 5.91 Å². The van der Waals surface area contributed by atoms with Crippen molar-refractivity contribution in [3.05, 3.63) is 0 Å². The van der Waals surface area contributed by atoms with E-state index in [0.29, 0.717) is 13.0 Å². The molecule has 0 aromatic heterocycles. The van der Waals surface area contributed by atoms with Crippen LogP contribution in [0, 0.1) is 5.92 Å². The first-order valence-electron chi connectivity index (χ1n) is 9.42. The minimum Gasteiger partial charge on any atom is -0.475 e. The fourth-order valence-electron chi connectivity index (χ4n) is 3.28. The Balaban J connectivity index is 0.000000605. The van der Waals surface area contributed by atoms with Crippen LogP contribution >= 0.6 is 0 Å². The summed E-state index contributed by atoms with van der Waals surface area (Å²) in [4.78, 5) is 43.2. The van der Waals surface area contributed by atoms with Crippen LogP contribution in [0.25, 0.3) is 0 Å². The standard InChI is InChI=1S/C13H22N2O4.2C2HF3O2/c1-19-10-6-4-9(5-7-10)12(13(17)14-18)15-8-2-3-11(15)16;2*3-2(4,5)1(6)7/h9-10,12,18H,2-8H2,1H3,(H,14,17);2*(H,6,7). The zero-order valence-corrected chi connectivity index (χ0v) is 17.3. The van der Waals surface area contributed by atoms with Crippen molar-refractivity contribution in [2.24, 2.45) is 5.92 Å². The van der Waals surface area contributed by atoms with E-state index < -0.39 is 36.2 Å². The summed E-state index contributed by atoms with van der Waals surface area (Å²) in [6.07, 6.45) is -5.12. The molecule has 2 aliphatic rings. The number of rotatable bonds is 4. The van der Waals surface area contributed by atoms with E-state index in [-0.39, 0.29) is 17.9 Å². The Bertz CT molecular complexity index is 653. The molecule has 1 aliphatic heterocycles. The average Bonchev–Trinajstić information content (AvgIpc) is 3.13. The number of ether oxygens (including phenoxy) is 1. The number of hydroxylamine groups is 1. The van der Waals surface area contributed by atoms with Crippen molar-refractivity contribution < 1.29 is 65.7 Å². The van der Waals surface area contributed by atoms with Gasteiger partial charge in [0.15, 0.2) is 0 Å². The van der Waals surface area contributed by atoms with Gasteiger partial charge in [0.1, 0.15) is 6.04 Å². The van der Waals surface area contributed by atoms with Crippen LogP contribution in [0.15, 0.2) is 0 Å². The van der Waals surface area contributed by atoms with Gasteiger partial charge in [-0.15, -0.1) is 0 Å². The molecule has 2 fully saturated rings. The van der Waals surface area contributed by atoms with E-state index >= 15 is 0 Å². The highest BCUT2D eigenvalue weighted by Crippen LogP contribution is 2.32. The van der Waals surface area contributed by atoms with Crippen molar-refractivity contribution in [1.29, 1.82) is 0 Å². The van der Waals surface area contributed by atoms with Crippen LogP contribution < -0.4 is 5.48 Å². The second-order valence-corrected chi connectivity index (χ2v) is 6.99. The Morgan fingerprint density at radius 3 is 1.70 bits per heavy atom. The maximum absolute atomic E-state index is 11.9. The fourth-order valence-corrected chi connectivity index (χ4v) is 3.28. The number of halogens is 6. The van der Waals surface area contributed by atoms with Gasteiger partial charge in [-0.05, 0) is 38.0 Å². The summed E-state index contributed by atoms with van der Waals surface area (Å²) < 4.78 is 68.8. The lowest BCUT2D eigenvalue weighted by molar-refractivity contribution is -0.193. The van der Waals surface area contributed by atoms with Gasteiger partial charge in [-0.25, -0.2) is 15.1 Å². The van der Waals surface area contributed by atoms with E-state index in [4.69, 9.17) is 29.7 Å². The van der Waals surface area contributed by atoms with Crippen molar-refractivity contribution in [2.45, 2.75) is 63.0 Å². The quantitative estimate of drug-likeness (QED) is 0.261. The van der Waals surface area contributed by atoms with Gasteiger partial charge in [-0.3, -0.25) is 14.8 Å². The average molecular weight is 498 g/mol. The minimum absolute atomic E-state index is 0.0162. The van der Waals surface area contributed by atoms with E-state index in [9.17, 15) is 35.9 Å². The number of alkyl halides is 6. The van der Waals surface area contributed by atoms with E-state index in [0.717, 1.165) is 32.1 Å². The molecule has 33 heavy (non-hydrogen) atoms. The number of hydrogen-bond acceptors (Lipinski definition) is 6. The molecule has 1 heterocycles. The van der Waals surface area contributed by atoms with Crippen LogP contribution in [0.4, 0.5) is 26.3 Å². The fraction of sp³-hybridized carbons (Fsp3) is 0.765. The Hall–Kier alpha value is -2.62. The molecule has 1 unspecified atom stereocenters. The Labute approximate surface area is 183 Å². The number of amides is 2. The lowest BCUT2D eigenvalue weighted by Crippen LogP contribution is -2.51. The number of aliphatic carboxylic acids is 2. The van der Waals surface area contributed by atoms with Gasteiger partial charge in [0.2, 0.25) is 5.91 Å². The molecule has 0 aromatic rings. The number of nitrogens with zero attached hydrogens (tertiary/aromatic N) is 1. The molecule has 1 aliphatic carbocycles. The predicted octanol–water partition coefficient (Wildman–Crippen LogP) is 1.95. The maximum atomic E-state index is 11.9. The Morgan fingerprint density at radius 2 is 1.42 bits per heavy atom. The Kier molecular flexibility index (Phi) is 12.1. The van der Waals surface area contributed by atoms with Crippen LogP contribution in [0.3, 0.4) is 0 Å². The van der Waals surface area contributed by atoms with Crippen molar-refractivity contribution in [2.75, 3.05) is 13.7 Å². The zero-order chi connectivity index (χ0) is 26.0. The first-order valence-corrected chi connectivity index (χ1v) is 9.42. The van der Waals surface area contributed by atoms with Crippen LogP contribution in [-0.4, -0.2) is 82.2 Å². The van der Waals surface area contributed by atoms with E-state index in [2.05, 4.69) is 0 Å². The third-order valence-corrected chi connectivity index (χ3v) is 4.81. The topological polar surface area (TPSA) is 153 Å². The van der Waals surface area contributed by atoms with E-state index in [1.54, 1.807) is 17.5 Å². The van der Waals surface area contributed by atoms with Gasteiger partial charge < -0.3 is 19.8 Å². The molecular formula is C17H24F6N2O8. The number of nitrogens with one attached hydrogen (secondary N) is 1. The predicted molar refractivity (Wildman–Crippen MR) is 94.8 cm³/mol. The van der Waals surface area contributed by atoms with Gasteiger partial charge in [-0.1, -0.05) is 0 Å². The maximum Gasteiger partial charge on any atom is 0.490 e. The number of methoxy groups -OCH3 is 1. The van der Waals surface area contributed by atoms with Gasteiger partial charge >= 0.3 is 24.3 Å². The number of hydrogen-bond donors (Lipinski definition) is 4. The lowest BCUT2D eigenvalue weighted by Gasteiger charge is -2.36. The number of carboxylic acids is 2. The molecule has 0 aromatic carbocycles. The van der Waals surface area contributed by atoms with Crippen LogP contribution in [-0.2, 0) is 23.9 Å². The molecule has 2 amide bonds. The molecule has 16 heteroatoms. The molecule has 2 rings (SSSR count). The van der Waals surface area contributed by atoms with E-state index in [1.165, 1.54) is 0 Å². The first kappa shape index (κ1) is 30.4. The smallest absolute Gasteiger partial charge is 0.475 e. The van der Waals surface area contributed by atoms with Crippen molar-refractivity contribution >= 4 is 23.8 Å². The van der Waals surface area contributed by atoms with E-state index in [1.807, 2.05) is 0 Å². The second-order valence-electron chi connectivity index (χ2n) is 6.99. The molecule has 0 bridgehead atoms. The molecule has 192 valence electrons. The molecular weight excluding hydrogens is 474 g/mol.